The second-order valence-electron chi connectivity index (χ2n) is 11.5. The van der Waals surface area contributed by atoms with E-state index in [-0.39, 0.29) is 48.9 Å². The van der Waals surface area contributed by atoms with Gasteiger partial charge >= 0.3 is 5.97 Å². The number of likely N-dealkylation sites (tertiary alicyclic amines) is 1. The Balaban J connectivity index is 1.27. The first-order chi connectivity index (χ1) is 16.1. The third kappa shape index (κ3) is 4.98. The smallest absolute Gasteiger partial charge is 0.312 e. The Labute approximate surface area is 201 Å². The fraction of sp³-hybridized carbons (Fsp3) is 0.667. The van der Waals surface area contributed by atoms with Crippen molar-refractivity contribution in [3.63, 3.8) is 0 Å². The molecule has 4 fully saturated rings. The minimum atomic E-state index is -1.13. The first-order valence-electron chi connectivity index (χ1n) is 12.4. The molecule has 3 saturated carbocycles. The number of fused-ring (bicyclic) bond motifs is 3. The van der Waals surface area contributed by atoms with Crippen LogP contribution < -0.4 is 5.32 Å². The fourth-order valence-electron chi connectivity index (χ4n) is 5.71. The molecule has 4 aliphatic rings. The minimum Gasteiger partial charge on any atom is -0.460 e. The van der Waals surface area contributed by atoms with E-state index in [1.807, 2.05) is 18.2 Å². The highest BCUT2D eigenvalue weighted by molar-refractivity contribution is 5.80. The molecule has 184 valence electrons. The molecular weight excluding hydrogens is 433 g/mol. The van der Waals surface area contributed by atoms with Crippen LogP contribution >= 0.6 is 0 Å². The molecule has 0 spiro atoms. The van der Waals surface area contributed by atoms with Crippen molar-refractivity contribution in [3.8, 4) is 6.07 Å². The van der Waals surface area contributed by atoms with Gasteiger partial charge in [-0.1, -0.05) is 45.0 Å². The Bertz CT molecular complexity index is 938. The third-order valence-electron chi connectivity index (χ3n) is 8.20. The van der Waals surface area contributed by atoms with Gasteiger partial charge in [0.2, 0.25) is 5.91 Å². The molecule has 1 amide bonds. The number of amides is 1. The van der Waals surface area contributed by atoms with E-state index in [1.54, 1.807) is 0 Å². The SMILES string of the molecule is CC(C)(C)c1ccc(COC(=O)C23CCC(NCC(=O)N4C[C@@H](F)C[C@H]4C#N)(CC2)CC3)cc1. The van der Waals surface area contributed by atoms with Crippen LogP contribution in [-0.4, -0.2) is 47.6 Å². The first kappa shape index (κ1) is 24.7. The van der Waals surface area contributed by atoms with E-state index in [2.05, 4.69) is 38.2 Å². The van der Waals surface area contributed by atoms with E-state index in [0.29, 0.717) is 0 Å². The normalized spacial score (nSPS) is 30.7. The zero-order valence-electron chi connectivity index (χ0n) is 20.5. The van der Waals surface area contributed by atoms with Gasteiger partial charge < -0.3 is 15.0 Å². The van der Waals surface area contributed by atoms with Gasteiger partial charge in [0.05, 0.1) is 24.6 Å². The van der Waals surface area contributed by atoms with Crippen LogP contribution in [0.25, 0.3) is 0 Å². The lowest BCUT2D eigenvalue weighted by atomic mass is 9.57. The molecule has 34 heavy (non-hydrogen) atoms. The van der Waals surface area contributed by atoms with E-state index in [0.717, 1.165) is 44.1 Å². The lowest BCUT2D eigenvalue weighted by Gasteiger charge is -2.52. The highest BCUT2D eigenvalue weighted by Crippen LogP contribution is 2.53. The monoisotopic (exact) mass is 469 g/mol. The van der Waals surface area contributed by atoms with Crippen LogP contribution in [0.5, 0.6) is 0 Å². The molecule has 1 N–H and O–H groups in total. The number of hydrogen-bond donors (Lipinski definition) is 1. The van der Waals surface area contributed by atoms with Crippen molar-refractivity contribution >= 4 is 11.9 Å². The standard InChI is InChI=1S/C27H36FN3O3/c1-25(2,3)20-6-4-19(5-7-20)18-34-24(33)26-8-11-27(12-9-26,13-10-26)30-16-23(32)31-17-21(28)14-22(31)15-29/h4-7,21-22,30H,8-14,16-18H2,1-3H3/t21-,22-,26?,27?/m0/s1. The summed E-state index contributed by atoms with van der Waals surface area (Å²) in [5.74, 6) is -0.333. The molecule has 1 aromatic rings. The zero-order chi connectivity index (χ0) is 24.6. The van der Waals surface area contributed by atoms with Crippen LogP contribution in [-0.2, 0) is 26.3 Å². The van der Waals surface area contributed by atoms with Crippen molar-refractivity contribution in [2.24, 2.45) is 5.41 Å². The molecule has 0 radical (unpaired) electrons. The number of carbonyl (C=O) groups excluding carboxylic acids is 2. The van der Waals surface area contributed by atoms with Gasteiger partial charge in [0.25, 0.3) is 0 Å². The summed E-state index contributed by atoms with van der Waals surface area (Å²) in [4.78, 5) is 27.0. The van der Waals surface area contributed by atoms with E-state index in [4.69, 9.17) is 4.74 Å². The van der Waals surface area contributed by atoms with Crippen molar-refractivity contribution in [2.45, 2.75) is 95.5 Å². The van der Waals surface area contributed by atoms with Crippen molar-refractivity contribution < 1.29 is 18.7 Å². The van der Waals surface area contributed by atoms with Crippen LogP contribution in [0.3, 0.4) is 0 Å². The maximum Gasteiger partial charge on any atom is 0.312 e. The molecule has 2 atom stereocenters. The molecule has 7 heteroatoms. The van der Waals surface area contributed by atoms with Crippen molar-refractivity contribution in [2.75, 3.05) is 13.1 Å². The summed E-state index contributed by atoms with van der Waals surface area (Å²) in [6, 6.07) is 9.61. The number of esters is 1. The Kier molecular flexibility index (Phi) is 6.74. The molecule has 0 aromatic heterocycles. The molecule has 1 heterocycles. The number of carbonyl (C=O) groups is 2. The van der Waals surface area contributed by atoms with Crippen LogP contribution in [0.15, 0.2) is 24.3 Å². The van der Waals surface area contributed by atoms with Gasteiger partial charge in [-0.05, 0) is 55.1 Å². The molecule has 5 rings (SSSR count). The molecular formula is C27H36FN3O3. The average molecular weight is 470 g/mol. The van der Waals surface area contributed by atoms with Crippen LogP contribution in [0.1, 0.15) is 76.8 Å². The van der Waals surface area contributed by atoms with Crippen LogP contribution in [0.4, 0.5) is 4.39 Å². The summed E-state index contributed by atoms with van der Waals surface area (Å²) in [6.45, 7) is 6.91. The number of nitrogens with zero attached hydrogens (tertiary/aromatic N) is 2. The first-order valence-corrected chi connectivity index (χ1v) is 12.4. The molecule has 6 nitrogen and oxygen atoms in total. The Morgan fingerprint density at radius 1 is 1.15 bits per heavy atom. The van der Waals surface area contributed by atoms with Gasteiger partial charge in [-0.25, -0.2) is 4.39 Å². The summed E-state index contributed by atoms with van der Waals surface area (Å²) in [6.07, 6.45) is 3.63. The topological polar surface area (TPSA) is 82.4 Å². The summed E-state index contributed by atoms with van der Waals surface area (Å²) in [5, 5.41) is 12.6. The third-order valence-corrected chi connectivity index (χ3v) is 8.20. The van der Waals surface area contributed by atoms with Crippen molar-refractivity contribution in [1.82, 2.24) is 10.2 Å². The number of hydrogen-bond acceptors (Lipinski definition) is 5. The minimum absolute atomic E-state index is 0.000373. The largest absolute Gasteiger partial charge is 0.460 e. The average Bonchev–Trinajstić information content (AvgIpc) is 3.22. The predicted octanol–water partition coefficient (Wildman–Crippen LogP) is 4.17. The number of rotatable bonds is 6. The molecule has 0 unspecified atom stereocenters. The molecule has 3 aliphatic carbocycles. The highest BCUT2D eigenvalue weighted by atomic mass is 19.1. The quantitative estimate of drug-likeness (QED) is 0.633. The highest BCUT2D eigenvalue weighted by Gasteiger charge is 2.53. The molecule has 1 aromatic carbocycles. The van der Waals surface area contributed by atoms with Crippen molar-refractivity contribution in [3.05, 3.63) is 35.4 Å². The molecule has 1 aliphatic heterocycles. The molecule has 1 saturated heterocycles. The Morgan fingerprint density at radius 3 is 2.32 bits per heavy atom. The van der Waals surface area contributed by atoms with E-state index < -0.39 is 17.6 Å². The number of nitriles is 1. The van der Waals surface area contributed by atoms with Gasteiger partial charge in [-0.3, -0.25) is 9.59 Å². The van der Waals surface area contributed by atoms with Gasteiger partial charge in [0.1, 0.15) is 18.8 Å². The second kappa shape index (κ2) is 9.30. The number of benzene rings is 1. The lowest BCUT2D eigenvalue weighted by Crippen LogP contribution is -2.58. The fourth-order valence-corrected chi connectivity index (χ4v) is 5.71. The number of alkyl halides is 1. The maximum absolute atomic E-state index is 13.7. The number of nitrogens with one attached hydrogen (secondary N) is 1. The Hall–Kier alpha value is -2.46. The summed E-state index contributed by atoms with van der Waals surface area (Å²) in [5.41, 5.74) is 1.73. The summed E-state index contributed by atoms with van der Waals surface area (Å²) in [7, 11) is 0. The number of halogens is 1. The summed E-state index contributed by atoms with van der Waals surface area (Å²) < 4.78 is 19.4. The summed E-state index contributed by atoms with van der Waals surface area (Å²) >= 11 is 0. The van der Waals surface area contributed by atoms with E-state index >= 15 is 0 Å². The van der Waals surface area contributed by atoms with E-state index in [9.17, 15) is 19.2 Å². The van der Waals surface area contributed by atoms with Gasteiger partial charge in [-0.15, -0.1) is 0 Å². The van der Waals surface area contributed by atoms with E-state index in [1.165, 1.54) is 10.5 Å². The lowest BCUT2D eigenvalue weighted by molar-refractivity contribution is -0.165. The second-order valence-corrected chi connectivity index (χ2v) is 11.5. The van der Waals surface area contributed by atoms with Gasteiger partial charge in [0, 0.05) is 12.0 Å². The van der Waals surface area contributed by atoms with Crippen LogP contribution in [0.2, 0.25) is 0 Å². The number of ether oxygens (including phenoxy) is 1. The van der Waals surface area contributed by atoms with Gasteiger partial charge in [-0.2, -0.15) is 5.26 Å². The maximum atomic E-state index is 13.7. The Morgan fingerprint density at radius 2 is 1.76 bits per heavy atom. The predicted molar refractivity (Wildman–Crippen MR) is 126 cm³/mol. The van der Waals surface area contributed by atoms with Crippen LogP contribution in [0, 0.1) is 16.7 Å². The van der Waals surface area contributed by atoms with Gasteiger partial charge in [0.15, 0.2) is 0 Å². The molecule has 2 bridgehead atoms. The zero-order valence-corrected chi connectivity index (χ0v) is 20.5. The van der Waals surface area contributed by atoms with Crippen molar-refractivity contribution in [1.29, 1.82) is 5.26 Å².